The third kappa shape index (κ3) is 7.02. The second kappa shape index (κ2) is 12.4. The maximum Gasteiger partial charge on any atom is 0.223 e. The summed E-state index contributed by atoms with van der Waals surface area (Å²) in [7, 11) is 1.93. The van der Waals surface area contributed by atoms with E-state index in [0.717, 1.165) is 25.2 Å². The van der Waals surface area contributed by atoms with Gasteiger partial charge in [-0.2, -0.15) is 0 Å². The Morgan fingerprint density at radius 1 is 1.10 bits per heavy atom. The van der Waals surface area contributed by atoms with Gasteiger partial charge in [0.15, 0.2) is 0 Å². The monoisotopic (exact) mass is 466 g/mol. The summed E-state index contributed by atoms with van der Waals surface area (Å²) in [5.74, 6) is 0.164. The normalized spacial score (nSPS) is 15.2. The summed E-state index contributed by atoms with van der Waals surface area (Å²) in [6.07, 6.45) is 7.67. The summed E-state index contributed by atoms with van der Waals surface area (Å²) in [5, 5.41) is 1.09. The minimum absolute atomic E-state index is 0. The van der Waals surface area contributed by atoms with E-state index in [1.165, 1.54) is 18.4 Å². The summed E-state index contributed by atoms with van der Waals surface area (Å²) < 4.78 is 0. The van der Waals surface area contributed by atoms with Crippen LogP contribution in [0.5, 0.6) is 0 Å². The largest absolute Gasteiger partial charge is 0.337 e. The zero-order chi connectivity index (χ0) is 20.6. The van der Waals surface area contributed by atoms with Crippen LogP contribution in [0.3, 0.4) is 0 Å². The Morgan fingerprint density at radius 2 is 1.80 bits per heavy atom. The van der Waals surface area contributed by atoms with Crippen molar-refractivity contribution in [2.75, 3.05) is 26.7 Å². The minimum Gasteiger partial charge on any atom is -0.337 e. The van der Waals surface area contributed by atoms with Gasteiger partial charge in [-0.25, -0.2) is 0 Å². The van der Waals surface area contributed by atoms with Gasteiger partial charge < -0.3 is 9.80 Å². The molecule has 1 amide bonds. The lowest BCUT2D eigenvalue weighted by Gasteiger charge is -2.32. The first-order valence-corrected chi connectivity index (χ1v) is 10.9. The number of amides is 1. The molecule has 0 radical (unpaired) electrons. The van der Waals surface area contributed by atoms with Gasteiger partial charge >= 0.3 is 0 Å². The van der Waals surface area contributed by atoms with E-state index in [1.54, 1.807) is 6.07 Å². The Labute approximate surface area is 196 Å². The number of likely N-dealkylation sites (tertiary alicyclic amines) is 1. The van der Waals surface area contributed by atoms with Gasteiger partial charge in [-0.05, 0) is 55.6 Å². The van der Waals surface area contributed by atoms with E-state index >= 15 is 0 Å². The fourth-order valence-electron chi connectivity index (χ4n) is 3.73. The second-order valence-corrected chi connectivity index (χ2v) is 8.37. The molecule has 2 aromatic rings. The molecule has 0 unspecified atom stereocenters. The lowest BCUT2D eigenvalue weighted by atomic mass is 10.0. The molecule has 3 rings (SSSR count). The van der Waals surface area contributed by atoms with Crippen LogP contribution in [0.4, 0.5) is 0 Å². The van der Waals surface area contributed by atoms with Crippen molar-refractivity contribution in [3.63, 3.8) is 0 Å². The molecule has 1 saturated heterocycles. The molecule has 0 N–H and O–H groups in total. The molecule has 30 heavy (non-hydrogen) atoms. The van der Waals surface area contributed by atoms with E-state index < -0.39 is 0 Å². The molecule has 162 valence electrons. The highest BCUT2D eigenvalue weighted by Gasteiger charge is 2.25. The Morgan fingerprint density at radius 3 is 2.47 bits per heavy atom. The Kier molecular flexibility index (Phi) is 10.2. The summed E-state index contributed by atoms with van der Waals surface area (Å²) in [6.45, 7) is 3.14. The fourth-order valence-corrected chi connectivity index (χ4v) is 4.04. The van der Waals surface area contributed by atoms with Gasteiger partial charge in [0.25, 0.3) is 0 Å². The Hall–Kier alpha value is -1.52. The van der Waals surface area contributed by atoms with Gasteiger partial charge in [0.2, 0.25) is 5.91 Å². The maximum absolute atomic E-state index is 12.9. The predicted molar refractivity (Wildman–Crippen MR) is 130 cm³/mol. The number of carbonyl (C=O) groups excluding carboxylic acids is 1. The number of carbonyl (C=O) groups is 1. The minimum atomic E-state index is 0. The SMILES string of the molecule is CN(C(=O)CCC=Cc1ccc(Cl)c(Cl)c1)[C@H](CN1CCCC1)c1ccccc1.Cl. The molecule has 0 bridgehead atoms. The van der Waals surface area contributed by atoms with E-state index in [1.807, 2.05) is 54.4 Å². The number of benzene rings is 2. The van der Waals surface area contributed by atoms with Crippen molar-refractivity contribution in [1.29, 1.82) is 0 Å². The molecule has 1 aliphatic rings. The number of likely N-dealkylation sites (N-methyl/N-ethyl adjacent to an activating group) is 1. The van der Waals surface area contributed by atoms with Crippen LogP contribution in [-0.2, 0) is 4.79 Å². The molecule has 0 aliphatic carbocycles. The van der Waals surface area contributed by atoms with Crippen LogP contribution in [0.2, 0.25) is 10.0 Å². The highest BCUT2D eigenvalue weighted by molar-refractivity contribution is 6.42. The van der Waals surface area contributed by atoms with E-state index in [-0.39, 0.29) is 24.4 Å². The van der Waals surface area contributed by atoms with Gasteiger partial charge in [-0.1, -0.05) is 71.8 Å². The zero-order valence-electron chi connectivity index (χ0n) is 17.3. The smallest absolute Gasteiger partial charge is 0.223 e. The molecular weight excluding hydrogens is 439 g/mol. The molecule has 1 atom stereocenters. The van der Waals surface area contributed by atoms with E-state index in [9.17, 15) is 4.79 Å². The lowest BCUT2D eigenvalue weighted by molar-refractivity contribution is -0.132. The molecule has 1 heterocycles. The van der Waals surface area contributed by atoms with Gasteiger partial charge in [-0.15, -0.1) is 12.4 Å². The van der Waals surface area contributed by atoms with Gasteiger partial charge in [0, 0.05) is 20.0 Å². The molecular formula is C24H29Cl3N2O. The van der Waals surface area contributed by atoms with E-state index in [2.05, 4.69) is 17.0 Å². The average molecular weight is 468 g/mol. The number of nitrogens with zero attached hydrogens (tertiary/aromatic N) is 2. The van der Waals surface area contributed by atoms with Crippen LogP contribution in [0.15, 0.2) is 54.6 Å². The molecule has 0 spiro atoms. The van der Waals surface area contributed by atoms with Crippen LogP contribution in [-0.4, -0.2) is 42.4 Å². The summed E-state index contributed by atoms with van der Waals surface area (Å²) in [4.78, 5) is 17.3. The topological polar surface area (TPSA) is 23.6 Å². The van der Waals surface area contributed by atoms with E-state index in [0.29, 0.717) is 22.9 Å². The van der Waals surface area contributed by atoms with Crippen LogP contribution in [0.25, 0.3) is 6.08 Å². The van der Waals surface area contributed by atoms with Gasteiger partial charge in [0.05, 0.1) is 16.1 Å². The highest BCUT2D eigenvalue weighted by atomic mass is 35.5. The van der Waals surface area contributed by atoms with Crippen LogP contribution in [0, 0.1) is 0 Å². The van der Waals surface area contributed by atoms with Crippen molar-refractivity contribution in [2.45, 2.75) is 31.7 Å². The fraction of sp³-hybridized carbons (Fsp3) is 0.375. The first kappa shape index (κ1) is 24.7. The first-order chi connectivity index (χ1) is 14.0. The summed E-state index contributed by atoms with van der Waals surface area (Å²) in [5.41, 5.74) is 2.18. The molecule has 0 saturated carbocycles. The van der Waals surface area contributed by atoms with Crippen LogP contribution < -0.4 is 0 Å². The number of halogens is 3. The average Bonchev–Trinajstić information content (AvgIpc) is 3.25. The standard InChI is InChI=1S/C24H28Cl2N2O.ClH/c1-27(23(18-28-15-7-8-16-28)20-10-3-2-4-11-20)24(29)12-6-5-9-19-13-14-21(25)22(26)17-19;/h2-5,9-11,13-14,17,23H,6-8,12,15-16,18H2,1H3;1H/t23-;/m1./s1. The lowest BCUT2D eigenvalue weighted by Crippen LogP contribution is -2.38. The van der Waals surface area contributed by atoms with Crippen molar-refractivity contribution in [2.24, 2.45) is 0 Å². The van der Waals surface area contributed by atoms with Crippen LogP contribution >= 0.6 is 35.6 Å². The van der Waals surface area contributed by atoms with Gasteiger partial charge in [-0.3, -0.25) is 4.79 Å². The van der Waals surface area contributed by atoms with Crippen molar-refractivity contribution >= 4 is 47.6 Å². The molecule has 1 fully saturated rings. The number of allylic oxidation sites excluding steroid dienone is 1. The highest BCUT2D eigenvalue weighted by Crippen LogP contribution is 2.25. The number of hydrogen-bond acceptors (Lipinski definition) is 2. The van der Waals surface area contributed by atoms with Crippen molar-refractivity contribution < 1.29 is 4.79 Å². The third-order valence-electron chi connectivity index (χ3n) is 5.45. The zero-order valence-corrected chi connectivity index (χ0v) is 19.6. The summed E-state index contributed by atoms with van der Waals surface area (Å²) in [6, 6.07) is 16.0. The van der Waals surface area contributed by atoms with Gasteiger partial charge in [0.1, 0.15) is 0 Å². The molecule has 6 heteroatoms. The third-order valence-corrected chi connectivity index (χ3v) is 6.19. The second-order valence-electron chi connectivity index (χ2n) is 7.55. The Bertz CT molecular complexity index is 836. The van der Waals surface area contributed by atoms with Crippen molar-refractivity contribution in [1.82, 2.24) is 9.80 Å². The quantitative estimate of drug-likeness (QED) is 0.442. The predicted octanol–water partition coefficient (Wildman–Crippen LogP) is 6.50. The molecule has 0 aromatic heterocycles. The number of hydrogen-bond donors (Lipinski definition) is 0. The van der Waals surface area contributed by atoms with E-state index in [4.69, 9.17) is 23.2 Å². The molecule has 1 aliphatic heterocycles. The molecule has 2 aromatic carbocycles. The van der Waals surface area contributed by atoms with Crippen molar-refractivity contribution in [3.05, 3.63) is 75.8 Å². The summed E-state index contributed by atoms with van der Waals surface area (Å²) >= 11 is 12.0. The molecule has 3 nitrogen and oxygen atoms in total. The number of rotatable bonds is 8. The maximum atomic E-state index is 12.9. The Balaban J connectivity index is 0.00000320. The van der Waals surface area contributed by atoms with Crippen LogP contribution in [0.1, 0.15) is 42.9 Å². The first-order valence-electron chi connectivity index (χ1n) is 10.2. The van der Waals surface area contributed by atoms with Crippen molar-refractivity contribution in [3.8, 4) is 0 Å².